The number of rotatable bonds is 1. The molecule has 1 aliphatic rings. The van der Waals surface area contributed by atoms with E-state index >= 15 is 0 Å². The monoisotopic (exact) mass is 292 g/mol. The number of nitriles is 1. The van der Waals surface area contributed by atoms with Crippen molar-refractivity contribution in [2.24, 2.45) is 5.92 Å². The number of nitrogens with zero attached hydrogens (tertiary/aromatic N) is 2. The maximum Gasteiger partial charge on any atom is 0.0706 e. The third-order valence-corrected chi connectivity index (χ3v) is 4.37. The molecule has 1 heterocycles. The molecular weight excluding hydrogens is 276 g/mol. The molecule has 1 atom stereocenters. The first kappa shape index (κ1) is 12.4. The van der Waals surface area contributed by atoms with Gasteiger partial charge in [0, 0.05) is 11.0 Å². The van der Waals surface area contributed by atoms with Gasteiger partial charge in [0.15, 0.2) is 0 Å². The summed E-state index contributed by atoms with van der Waals surface area (Å²) in [6.07, 6.45) is 0.948. The topological polar surface area (TPSA) is 27.0 Å². The summed E-state index contributed by atoms with van der Waals surface area (Å²) in [5.41, 5.74) is 2.35. The SMILES string of the molecule is Cc1ccc(N2CCC(C#N)C2(C)C)c(Br)c1. The minimum Gasteiger partial charge on any atom is -0.364 e. The Hall–Kier alpha value is -1.01. The van der Waals surface area contributed by atoms with Gasteiger partial charge in [0.1, 0.15) is 0 Å². The fourth-order valence-electron chi connectivity index (χ4n) is 2.57. The Labute approximate surface area is 111 Å². The maximum absolute atomic E-state index is 9.19. The van der Waals surface area contributed by atoms with Gasteiger partial charge in [-0.2, -0.15) is 5.26 Å². The molecule has 3 heteroatoms. The number of benzene rings is 1. The van der Waals surface area contributed by atoms with Crippen LogP contribution in [0.25, 0.3) is 0 Å². The summed E-state index contributed by atoms with van der Waals surface area (Å²) in [6, 6.07) is 8.82. The smallest absolute Gasteiger partial charge is 0.0706 e. The van der Waals surface area contributed by atoms with Crippen molar-refractivity contribution in [3.05, 3.63) is 28.2 Å². The van der Waals surface area contributed by atoms with E-state index in [0.29, 0.717) is 0 Å². The van der Waals surface area contributed by atoms with Crippen LogP contribution in [0.3, 0.4) is 0 Å². The van der Waals surface area contributed by atoms with Crippen LogP contribution in [0.1, 0.15) is 25.8 Å². The highest BCUT2D eigenvalue weighted by molar-refractivity contribution is 9.10. The van der Waals surface area contributed by atoms with E-state index in [-0.39, 0.29) is 11.5 Å². The van der Waals surface area contributed by atoms with Gasteiger partial charge < -0.3 is 4.90 Å². The molecule has 1 fully saturated rings. The van der Waals surface area contributed by atoms with Gasteiger partial charge in [0.25, 0.3) is 0 Å². The number of aryl methyl sites for hydroxylation is 1. The zero-order chi connectivity index (χ0) is 12.6. The largest absolute Gasteiger partial charge is 0.364 e. The highest BCUT2D eigenvalue weighted by atomic mass is 79.9. The predicted molar refractivity (Wildman–Crippen MR) is 74.0 cm³/mol. The van der Waals surface area contributed by atoms with Crippen LogP contribution < -0.4 is 4.90 Å². The normalized spacial score (nSPS) is 22.5. The van der Waals surface area contributed by atoms with Crippen molar-refractivity contribution >= 4 is 21.6 Å². The van der Waals surface area contributed by atoms with Crippen molar-refractivity contribution in [2.45, 2.75) is 32.7 Å². The third kappa shape index (κ3) is 2.07. The van der Waals surface area contributed by atoms with E-state index in [0.717, 1.165) is 17.4 Å². The van der Waals surface area contributed by atoms with E-state index in [9.17, 15) is 5.26 Å². The summed E-state index contributed by atoms with van der Waals surface area (Å²) >= 11 is 3.63. The fourth-order valence-corrected chi connectivity index (χ4v) is 3.28. The summed E-state index contributed by atoms with van der Waals surface area (Å²) in [4.78, 5) is 2.34. The van der Waals surface area contributed by atoms with Gasteiger partial charge >= 0.3 is 0 Å². The van der Waals surface area contributed by atoms with Crippen LogP contribution in [-0.4, -0.2) is 12.1 Å². The van der Waals surface area contributed by atoms with Crippen LogP contribution in [0, 0.1) is 24.2 Å². The molecule has 0 amide bonds. The first-order chi connectivity index (χ1) is 7.96. The lowest BCUT2D eigenvalue weighted by atomic mass is 9.89. The number of halogens is 1. The molecule has 0 aromatic heterocycles. The lowest BCUT2D eigenvalue weighted by Crippen LogP contribution is -2.42. The van der Waals surface area contributed by atoms with E-state index < -0.39 is 0 Å². The fraction of sp³-hybridized carbons (Fsp3) is 0.500. The van der Waals surface area contributed by atoms with Crippen molar-refractivity contribution in [1.82, 2.24) is 0 Å². The second-order valence-corrected chi connectivity index (χ2v) is 6.08. The Bertz CT molecular complexity index is 474. The Balaban J connectivity index is 2.39. The van der Waals surface area contributed by atoms with Crippen LogP contribution in [-0.2, 0) is 0 Å². The second kappa shape index (κ2) is 4.34. The zero-order valence-electron chi connectivity index (χ0n) is 10.5. The van der Waals surface area contributed by atoms with Gasteiger partial charge in [-0.25, -0.2) is 0 Å². The molecular formula is C14H17BrN2. The van der Waals surface area contributed by atoms with E-state index in [1.54, 1.807) is 0 Å². The molecule has 0 bridgehead atoms. The zero-order valence-corrected chi connectivity index (χ0v) is 12.1. The van der Waals surface area contributed by atoms with Gasteiger partial charge in [-0.1, -0.05) is 6.07 Å². The molecule has 2 rings (SSSR count). The molecule has 1 aromatic carbocycles. The molecule has 2 nitrogen and oxygen atoms in total. The standard InChI is InChI=1S/C14H17BrN2/c1-10-4-5-13(12(15)8-10)17-7-6-11(9-16)14(17,2)3/h4-5,8,11H,6-7H2,1-3H3. The molecule has 1 unspecified atom stereocenters. The maximum atomic E-state index is 9.19. The Morgan fingerprint density at radius 2 is 2.18 bits per heavy atom. The summed E-state index contributed by atoms with van der Waals surface area (Å²) in [5, 5.41) is 9.19. The third-order valence-electron chi connectivity index (χ3n) is 3.74. The van der Waals surface area contributed by atoms with Crippen molar-refractivity contribution in [2.75, 3.05) is 11.4 Å². The van der Waals surface area contributed by atoms with Crippen molar-refractivity contribution in [3.63, 3.8) is 0 Å². The summed E-state index contributed by atoms with van der Waals surface area (Å²) in [7, 11) is 0. The Morgan fingerprint density at radius 1 is 1.47 bits per heavy atom. The van der Waals surface area contributed by atoms with E-state index in [4.69, 9.17) is 0 Å². The lowest BCUT2D eigenvalue weighted by molar-refractivity contribution is 0.438. The second-order valence-electron chi connectivity index (χ2n) is 5.23. The highest BCUT2D eigenvalue weighted by Gasteiger charge is 2.41. The first-order valence-electron chi connectivity index (χ1n) is 5.90. The molecule has 1 aromatic rings. The number of anilines is 1. The Morgan fingerprint density at radius 3 is 2.71 bits per heavy atom. The molecule has 0 aliphatic carbocycles. The van der Waals surface area contributed by atoms with Crippen LogP contribution in [0.2, 0.25) is 0 Å². The van der Waals surface area contributed by atoms with E-state index in [2.05, 4.69) is 65.9 Å². The Kier molecular flexibility index (Phi) is 3.18. The summed E-state index contributed by atoms with van der Waals surface area (Å²) in [6.45, 7) is 7.34. The van der Waals surface area contributed by atoms with Crippen LogP contribution in [0.5, 0.6) is 0 Å². The summed E-state index contributed by atoms with van der Waals surface area (Å²) in [5.74, 6) is 0.107. The van der Waals surface area contributed by atoms with Crippen LogP contribution in [0.4, 0.5) is 5.69 Å². The van der Waals surface area contributed by atoms with Gasteiger partial charge in [-0.3, -0.25) is 0 Å². The van der Waals surface area contributed by atoms with E-state index in [1.807, 2.05) is 0 Å². The molecule has 90 valence electrons. The molecule has 0 saturated carbocycles. The van der Waals surface area contributed by atoms with Gasteiger partial charge in [0.2, 0.25) is 0 Å². The molecule has 0 radical (unpaired) electrons. The number of hydrogen-bond acceptors (Lipinski definition) is 2. The molecule has 0 N–H and O–H groups in total. The quantitative estimate of drug-likeness (QED) is 0.785. The highest BCUT2D eigenvalue weighted by Crippen LogP contribution is 2.40. The van der Waals surface area contributed by atoms with Gasteiger partial charge in [0.05, 0.1) is 23.2 Å². The van der Waals surface area contributed by atoms with E-state index in [1.165, 1.54) is 11.3 Å². The van der Waals surface area contributed by atoms with Gasteiger partial charge in [-0.05, 0) is 60.8 Å². The summed E-state index contributed by atoms with van der Waals surface area (Å²) < 4.78 is 1.11. The predicted octanol–water partition coefficient (Wildman–Crippen LogP) is 3.89. The first-order valence-corrected chi connectivity index (χ1v) is 6.69. The van der Waals surface area contributed by atoms with Gasteiger partial charge in [-0.15, -0.1) is 0 Å². The molecule has 1 aliphatic heterocycles. The van der Waals surface area contributed by atoms with Crippen LogP contribution in [0.15, 0.2) is 22.7 Å². The lowest BCUT2D eigenvalue weighted by Gasteiger charge is -2.36. The molecule has 17 heavy (non-hydrogen) atoms. The van der Waals surface area contributed by atoms with Crippen molar-refractivity contribution < 1.29 is 0 Å². The van der Waals surface area contributed by atoms with Crippen molar-refractivity contribution in [1.29, 1.82) is 5.26 Å². The minimum absolute atomic E-state index is 0.0907. The van der Waals surface area contributed by atoms with Crippen LogP contribution >= 0.6 is 15.9 Å². The minimum atomic E-state index is -0.0907. The molecule has 1 saturated heterocycles. The van der Waals surface area contributed by atoms with Crippen molar-refractivity contribution in [3.8, 4) is 6.07 Å². The average molecular weight is 293 g/mol. The average Bonchev–Trinajstić information content (AvgIpc) is 2.54. The number of hydrogen-bond donors (Lipinski definition) is 0. The molecule has 0 spiro atoms.